The van der Waals surface area contributed by atoms with E-state index in [0.717, 1.165) is 34.8 Å². The molecule has 0 fully saturated rings. The first kappa shape index (κ1) is 21.7. The minimum absolute atomic E-state index is 0.0923. The van der Waals surface area contributed by atoms with Crippen LogP contribution in [0.1, 0.15) is 22.3 Å². The Morgan fingerprint density at radius 3 is 2.50 bits per heavy atom. The Balaban J connectivity index is 1.29. The number of carbonyl (C=O) groups excluding carboxylic acids is 2. The van der Waals surface area contributed by atoms with Gasteiger partial charge in [-0.25, -0.2) is 0 Å². The zero-order valence-electron chi connectivity index (χ0n) is 17.9. The van der Waals surface area contributed by atoms with E-state index in [1.165, 1.54) is 11.8 Å². The summed E-state index contributed by atoms with van der Waals surface area (Å²) in [6.45, 7) is 1.47. The van der Waals surface area contributed by atoms with Crippen molar-refractivity contribution in [1.29, 1.82) is 0 Å². The second-order valence-corrected chi connectivity index (χ2v) is 8.63. The van der Waals surface area contributed by atoms with Crippen LogP contribution in [0.4, 0.5) is 11.4 Å². The third kappa shape index (κ3) is 5.39. The number of rotatable bonds is 7. The van der Waals surface area contributed by atoms with E-state index in [-0.39, 0.29) is 11.8 Å². The van der Waals surface area contributed by atoms with E-state index in [4.69, 9.17) is 0 Å². The Kier molecular flexibility index (Phi) is 6.92. The van der Waals surface area contributed by atoms with Crippen molar-refractivity contribution in [2.75, 3.05) is 30.4 Å². The molecule has 0 unspecified atom stereocenters. The normalized spacial score (nSPS) is 13.9. The Morgan fingerprint density at radius 2 is 1.72 bits per heavy atom. The molecule has 1 aliphatic heterocycles. The number of anilines is 2. The van der Waals surface area contributed by atoms with Crippen LogP contribution in [-0.2, 0) is 4.79 Å². The second-order valence-electron chi connectivity index (χ2n) is 7.55. The zero-order valence-corrected chi connectivity index (χ0v) is 18.7. The quantitative estimate of drug-likeness (QED) is 0.397. The first-order chi connectivity index (χ1) is 15.6. The predicted molar refractivity (Wildman–Crippen MR) is 132 cm³/mol. The molecule has 1 heterocycles. The van der Waals surface area contributed by atoms with Crippen LogP contribution in [0.2, 0.25) is 0 Å². The van der Waals surface area contributed by atoms with Crippen molar-refractivity contribution in [1.82, 2.24) is 5.32 Å². The highest BCUT2D eigenvalue weighted by molar-refractivity contribution is 8.04. The molecule has 0 saturated heterocycles. The maximum atomic E-state index is 12.4. The van der Waals surface area contributed by atoms with Gasteiger partial charge in [0.2, 0.25) is 0 Å². The summed E-state index contributed by atoms with van der Waals surface area (Å²) < 4.78 is 0. The predicted octanol–water partition coefficient (Wildman–Crippen LogP) is 5.03. The van der Waals surface area contributed by atoms with E-state index < -0.39 is 0 Å². The summed E-state index contributed by atoms with van der Waals surface area (Å²) in [6.07, 6.45) is 2.70. The number of thioether (sulfide) groups is 1. The van der Waals surface area contributed by atoms with Crippen LogP contribution >= 0.6 is 11.8 Å². The number of amides is 2. The molecular weight excluding hydrogens is 418 g/mol. The van der Waals surface area contributed by atoms with E-state index in [0.29, 0.717) is 17.0 Å². The van der Waals surface area contributed by atoms with Gasteiger partial charge in [0.15, 0.2) is 0 Å². The van der Waals surface area contributed by atoms with Crippen LogP contribution in [0.3, 0.4) is 0 Å². The highest BCUT2D eigenvalue weighted by Crippen LogP contribution is 2.38. The monoisotopic (exact) mass is 443 g/mol. The molecular formula is C26H25N3O2S. The van der Waals surface area contributed by atoms with E-state index in [1.807, 2.05) is 67.7 Å². The molecule has 0 spiro atoms. The van der Waals surface area contributed by atoms with Gasteiger partial charge in [0.1, 0.15) is 0 Å². The van der Waals surface area contributed by atoms with Gasteiger partial charge in [0.05, 0.1) is 10.6 Å². The van der Waals surface area contributed by atoms with Crippen molar-refractivity contribution in [3.8, 4) is 0 Å². The van der Waals surface area contributed by atoms with Crippen molar-refractivity contribution in [2.24, 2.45) is 0 Å². The summed E-state index contributed by atoms with van der Waals surface area (Å²) in [6, 6.07) is 25.2. The van der Waals surface area contributed by atoms with Crippen molar-refractivity contribution in [3.05, 3.63) is 94.9 Å². The maximum absolute atomic E-state index is 12.4. The Hall–Kier alpha value is -3.51. The Labute approximate surface area is 192 Å². The third-order valence-corrected chi connectivity index (χ3v) is 6.30. The molecule has 0 aromatic heterocycles. The van der Waals surface area contributed by atoms with E-state index in [1.54, 1.807) is 12.1 Å². The fourth-order valence-corrected chi connectivity index (χ4v) is 4.37. The van der Waals surface area contributed by atoms with E-state index in [2.05, 4.69) is 27.7 Å². The van der Waals surface area contributed by atoms with Crippen LogP contribution < -0.4 is 15.5 Å². The van der Waals surface area contributed by atoms with Gasteiger partial charge in [-0.3, -0.25) is 9.59 Å². The van der Waals surface area contributed by atoms with Crippen molar-refractivity contribution in [3.63, 3.8) is 0 Å². The smallest absolute Gasteiger partial charge is 0.262 e. The fourth-order valence-electron chi connectivity index (χ4n) is 3.42. The van der Waals surface area contributed by atoms with Gasteiger partial charge in [-0.15, -0.1) is 0 Å². The topological polar surface area (TPSA) is 61.4 Å². The minimum Gasteiger partial charge on any atom is -0.375 e. The molecule has 0 radical (unpaired) electrons. The van der Waals surface area contributed by atoms with Gasteiger partial charge in [-0.2, -0.15) is 0 Å². The lowest BCUT2D eigenvalue weighted by atomic mass is 10.1. The zero-order chi connectivity index (χ0) is 22.3. The molecule has 32 heavy (non-hydrogen) atoms. The average Bonchev–Trinajstić information content (AvgIpc) is 2.83. The molecule has 2 N–H and O–H groups in total. The molecule has 3 aromatic rings. The standard InChI is InChI=1S/C26H25N3O2S/c1-29(21-8-3-2-4-9-21)17-7-16-27-25(30)20-14-12-19(13-15-20)18-24-26(31)28-22-10-5-6-11-23(22)32-24/h2-6,8-15,18H,7,16-17H2,1H3,(H,27,30)(H,28,31). The second kappa shape index (κ2) is 10.2. The number of hydrogen-bond donors (Lipinski definition) is 2. The number of fused-ring (bicyclic) bond motifs is 1. The fraction of sp³-hybridized carbons (Fsp3) is 0.154. The summed E-state index contributed by atoms with van der Waals surface area (Å²) in [5, 5.41) is 5.89. The van der Waals surface area contributed by atoms with Crippen LogP contribution in [0, 0.1) is 0 Å². The molecule has 0 atom stereocenters. The lowest BCUT2D eigenvalue weighted by Crippen LogP contribution is -2.28. The largest absolute Gasteiger partial charge is 0.375 e. The van der Waals surface area contributed by atoms with Crippen molar-refractivity contribution < 1.29 is 9.59 Å². The number of para-hydroxylation sites is 2. The molecule has 0 bridgehead atoms. The van der Waals surface area contributed by atoms with Gasteiger partial charge in [-0.1, -0.05) is 54.2 Å². The summed E-state index contributed by atoms with van der Waals surface area (Å²) in [7, 11) is 2.05. The number of benzene rings is 3. The average molecular weight is 444 g/mol. The number of nitrogens with zero attached hydrogens (tertiary/aromatic N) is 1. The van der Waals surface area contributed by atoms with Crippen molar-refractivity contribution >= 4 is 41.0 Å². The summed E-state index contributed by atoms with van der Waals surface area (Å²) in [5.41, 5.74) is 3.48. The first-order valence-electron chi connectivity index (χ1n) is 10.5. The van der Waals surface area contributed by atoms with Crippen LogP contribution in [0.5, 0.6) is 0 Å². The lowest BCUT2D eigenvalue weighted by Gasteiger charge is -2.19. The highest BCUT2D eigenvalue weighted by Gasteiger charge is 2.20. The van der Waals surface area contributed by atoms with E-state index >= 15 is 0 Å². The van der Waals surface area contributed by atoms with Crippen LogP contribution in [-0.4, -0.2) is 32.0 Å². The third-order valence-electron chi connectivity index (χ3n) is 5.20. The van der Waals surface area contributed by atoms with Gasteiger partial charge >= 0.3 is 0 Å². The summed E-state index contributed by atoms with van der Waals surface area (Å²) in [5.74, 6) is -0.207. The van der Waals surface area contributed by atoms with Gasteiger partial charge in [0, 0.05) is 36.3 Å². The number of nitrogens with one attached hydrogen (secondary N) is 2. The van der Waals surface area contributed by atoms with Gasteiger partial charge in [-0.05, 0) is 54.5 Å². The number of hydrogen-bond acceptors (Lipinski definition) is 4. The van der Waals surface area contributed by atoms with Gasteiger partial charge < -0.3 is 15.5 Å². The highest BCUT2D eigenvalue weighted by atomic mass is 32.2. The Morgan fingerprint density at radius 1 is 1.00 bits per heavy atom. The molecule has 5 nitrogen and oxygen atoms in total. The van der Waals surface area contributed by atoms with E-state index in [9.17, 15) is 9.59 Å². The molecule has 162 valence electrons. The molecule has 6 heteroatoms. The number of carbonyl (C=O) groups is 2. The molecule has 0 aliphatic carbocycles. The maximum Gasteiger partial charge on any atom is 0.262 e. The lowest BCUT2D eigenvalue weighted by molar-refractivity contribution is -0.112. The SMILES string of the molecule is CN(CCCNC(=O)c1ccc(C=C2Sc3ccccc3NC2=O)cc1)c1ccccc1. The first-order valence-corrected chi connectivity index (χ1v) is 11.4. The Bertz CT molecular complexity index is 1130. The molecule has 2 amide bonds. The van der Waals surface area contributed by atoms with Crippen LogP contribution in [0.15, 0.2) is 88.7 Å². The van der Waals surface area contributed by atoms with Crippen molar-refractivity contribution in [2.45, 2.75) is 11.3 Å². The summed E-state index contributed by atoms with van der Waals surface area (Å²) >= 11 is 1.45. The molecule has 0 saturated carbocycles. The summed E-state index contributed by atoms with van der Waals surface area (Å²) in [4.78, 5) is 28.6. The minimum atomic E-state index is -0.115. The van der Waals surface area contributed by atoms with Gasteiger partial charge in [0.25, 0.3) is 11.8 Å². The molecule has 1 aliphatic rings. The molecule has 4 rings (SSSR count). The molecule has 3 aromatic carbocycles. The van der Waals surface area contributed by atoms with Crippen LogP contribution in [0.25, 0.3) is 6.08 Å².